The number of thiazole rings is 1. The molecule has 1 aromatic heterocycles. The summed E-state index contributed by atoms with van der Waals surface area (Å²) in [7, 11) is 1.67. The maximum atomic E-state index is 5.15. The van der Waals surface area contributed by atoms with E-state index in [4.69, 9.17) is 4.74 Å². The monoisotopic (exact) mass is 240 g/mol. The summed E-state index contributed by atoms with van der Waals surface area (Å²) in [5, 5.41) is 0. The Morgan fingerprint density at radius 3 is 2.59 bits per heavy atom. The van der Waals surface area contributed by atoms with E-state index in [9.17, 15) is 0 Å². The van der Waals surface area contributed by atoms with Crippen molar-refractivity contribution in [1.29, 1.82) is 0 Å². The minimum Gasteiger partial charge on any atom is -0.497 e. The summed E-state index contributed by atoms with van der Waals surface area (Å²) in [6, 6.07) is 14.3. The Hall–Kier alpha value is -1.87. The van der Waals surface area contributed by atoms with Gasteiger partial charge in [0.2, 0.25) is 0 Å². The average molecular weight is 240 g/mol. The summed E-state index contributed by atoms with van der Waals surface area (Å²) < 4.78 is 6.32. The maximum Gasteiger partial charge on any atom is 0.153 e. The highest BCUT2D eigenvalue weighted by Crippen LogP contribution is 2.26. The van der Waals surface area contributed by atoms with Crippen LogP contribution < -0.4 is 4.74 Å². The standard InChI is InChI=1S/C14H10NOS/c1-16-12-5-2-10(3-6-12)11-4-7-14-13(8-11)15-9-17-14/h2-8H,1H3. The van der Waals surface area contributed by atoms with Gasteiger partial charge in [0.1, 0.15) is 5.75 Å². The topological polar surface area (TPSA) is 22.1 Å². The van der Waals surface area contributed by atoms with Crippen molar-refractivity contribution in [3.05, 3.63) is 48.0 Å². The van der Waals surface area contributed by atoms with Crippen LogP contribution in [0.15, 0.2) is 42.5 Å². The number of fused-ring (bicyclic) bond motifs is 1. The summed E-state index contributed by atoms with van der Waals surface area (Å²) >= 11 is 1.54. The molecule has 0 atom stereocenters. The smallest absolute Gasteiger partial charge is 0.153 e. The second-order valence-corrected chi connectivity index (χ2v) is 4.54. The molecule has 0 saturated heterocycles. The molecule has 0 aliphatic heterocycles. The lowest BCUT2D eigenvalue weighted by atomic mass is 10.1. The van der Waals surface area contributed by atoms with Crippen LogP contribution in [0.3, 0.4) is 0 Å². The van der Waals surface area contributed by atoms with Gasteiger partial charge in [-0.25, -0.2) is 4.98 Å². The van der Waals surface area contributed by atoms with Crippen LogP contribution in [-0.2, 0) is 0 Å². The number of benzene rings is 2. The molecular weight excluding hydrogens is 230 g/mol. The van der Waals surface area contributed by atoms with E-state index in [1.807, 2.05) is 12.1 Å². The predicted octanol–water partition coefficient (Wildman–Crippen LogP) is 3.77. The number of hydrogen-bond donors (Lipinski definition) is 0. The van der Waals surface area contributed by atoms with Crippen LogP contribution in [-0.4, -0.2) is 12.1 Å². The first-order valence-corrected chi connectivity index (χ1v) is 6.09. The van der Waals surface area contributed by atoms with Crippen LogP contribution in [0.4, 0.5) is 0 Å². The van der Waals surface area contributed by atoms with Gasteiger partial charge in [0.25, 0.3) is 0 Å². The molecule has 0 unspecified atom stereocenters. The van der Waals surface area contributed by atoms with Crippen molar-refractivity contribution in [2.75, 3.05) is 7.11 Å². The first kappa shape index (κ1) is 10.3. The Kier molecular flexibility index (Phi) is 2.53. The van der Waals surface area contributed by atoms with Gasteiger partial charge in [0, 0.05) is 0 Å². The van der Waals surface area contributed by atoms with Crippen LogP contribution in [0.25, 0.3) is 21.3 Å². The Labute approximate surface area is 104 Å². The largest absolute Gasteiger partial charge is 0.497 e. The van der Waals surface area contributed by atoms with E-state index in [1.165, 1.54) is 15.8 Å². The minimum atomic E-state index is 0.872. The molecule has 1 heterocycles. The fraction of sp³-hybridized carbons (Fsp3) is 0.0714. The van der Waals surface area contributed by atoms with Gasteiger partial charge in [-0.15, -0.1) is 11.3 Å². The van der Waals surface area contributed by atoms with Crippen molar-refractivity contribution in [2.45, 2.75) is 0 Å². The van der Waals surface area contributed by atoms with Crippen molar-refractivity contribution in [2.24, 2.45) is 0 Å². The highest BCUT2D eigenvalue weighted by atomic mass is 32.1. The molecule has 0 amide bonds. The molecule has 2 aromatic carbocycles. The normalized spacial score (nSPS) is 10.6. The van der Waals surface area contributed by atoms with Gasteiger partial charge in [-0.05, 0) is 35.4 Å². The average Bonchev–Trinajstić information content (AvgIpc) is 2.86. The third-order valence-electron chi connectivity index (χ3n) is 2.70. The van der Waals surface area contributed by atoms with Gasteiger partial charge >= 0.3 is 0 Å². The van der Waals surface area contributed by atoms with Crippen LogP contribution in [0.1, 0.15) is 0 Å². The van der Waals surface area contributed by atoms with E-state index in [1.54, 1.807) is 18.4 Å². The van der Waals surface area contributed by atoms with Crippen molar-refractivity contribution >= 4 is 21.6 Å². The van der Waals surface area contributed by atoms with Gasteiger partial charge in [-0.2, -0.15) is 0 Å². The Morgan fingerprint density at radius 1 is 1.06 bits per heavy atom. The highest BCUT2D eigenvalue weighted by Gasteiger charge is 2.02. The highest BCUT2D eigenvalue weighted by molar-refractivity contribution is 7.16. The number of hydrogen-bond acceptors (Lipinski definition) is 3. The second kappa shape index (κ2) is 4.18. The molecule has 0 bridgehead atoms. The van der Waals surface area contributed by atoms with Crippen LogP contribution in [0, 0.1) is 5.51 Å². The minimum absolute atomic E-state index is 0.872. The number of aromatic nitrogens is 1. The Balaban J connectivity index is 2.06. The molecule has 3 aromatic rings. The molecule has 0 spiro atoms. The zero-order valence-electron chi connectivity index (χ0n) is 9.31. The zero-order chi connectivity index (χ0) is 11.7. The molecule has 3 heteroatoms. The first-order chi connectivity index (χ1) is 8.36. The zero-order valence-corrected chi connectivity index (χ0v) is 10.1. The molecule has 0 N–H and O–H groups in total. The van der Waals surface area contributed by atoms with Crippen molar-refractivity contribution in [3.63, 3.8) is 0 Å². The van der Waals surface area contributed by atoms with Gasteiger partial charge in [-0.3, -0.25) is 0 Å². The molecule has 1 radical (unpaired) electrons. The first-order valence-electron chi connectivity index (χ1n) is 5.28. The van der Waals surface area contributed by atoms with Gasteiger partial charge in [0.15, 0.2) is 5.51 Å². The lowest BCUT2D eigenvalue weighted by Gasteiger charge is -2.03. The molecule has 17 heavy (non-hydrogen) atoms. The summed E-state index contributed by atoms with van der Waals surface area (Å²) in [5.41, 5.74) is 6.24. The van der Waals surface area contributed by atoms with Crippen LogP contribution in [0.2, 0.25) is 0 Å². The van der Waals surface area contributed by atoms with Gasteiger partial charge in [0.05, 0.1) is 17.3 Å². The van der Waals surface area contributed by atoms with E-state index in [0.29, 0.717) is 0 Å². The van der Waals surface area contributed by atoms with Crippen molar-refractivity contribution < 1.29 is 4.74 Å². The van der Waals surface area contributed by atoms with Crippen molar-refractivity contribution in [1.82, 2.24) is 4.98 Å². The molecule has 2 nitrogen and oxygen atoms in total. The third-order valence-corrected chi connectivity index (χ3v) is 3.45. The number of rotatable bonds is 2. The lowest BCUT2D eigenvalue weighted by Crippen LogP contribution is -1.82. The molecule has 0 saturated carbocycles. The summed E-state index contributed by atoms with van der Waals surface area (Å²) in [4.78, 5) is 4.21. The van der Waals surface area contributed by atoms with E-state index >= 15 is 0 Å². The fourth-order valence-corrected chi connectivity index (χ4v) is 2.36. The second-order valence-electron chi connectivity index (χ2n) is 3.72. The lowest BCUT2D eigenvalue weighted by molar-refractivity contribution is 0.415. The fourth-order valence-electron chi connectivity index (χ4n) is 1.78. The van der Waals surface area contributed by atoms with Crippen molar-refractivity contribution in [3.8, 4) is 16.9 Å². The Morgan fingerprint density at radius 2 is 1.82 bits per heavy atom. The van der Waals surface area contributed by atoms with Gasteiger partial charge < -0.3 is 4.74 Å². The third kappa shape index (κ3) is 1.89. The molecule has 83 valence electrons. The van der Waals surface area contributed by atoms with Crippen LogP contribution >= 0.6 is 11.3 Å². The van der Waals surface area contributed by atoms with Crippen LogP contribution in [0.5, 0.6) is 5.75 Å². The number of ether oxygens (including phenoxy) is 1. The molecule has 3 rings (SSSR count). The van der Waals surface area contributed by atoms with E-state index in [2.05, 4.69) is 40.8 Å². The predicted molar refractivity (Wildman–Crippen MR) is 70.4 cm³/mol. The molecule has 0 fully saturated rings. The number of nitrogens with zero attached hydrogens (tertiary/aromatic N) is 1. The Bertz CT molecular complexity index is 643. The van der Waals surface area contributed by atoms with E-state index in [-0.39, 0.29) is 0 Å². The van der Waals surface area contributed by atoms with Gasteiger partial charge in [-0.1, -0.05) is 18.2 Å². The molecule has 0 aliphatic carbocycles. The SMILES string of the molecule is COc1ccc(-c2ccc3s[c]nc3c2)cc1. The van der Waals surface area contributed by atoms with E-state index in [0.717, 1.165) is 11.3 Å². The number of methoxy groups -OCH3 is 1. The molecular formula is C14H10NOS. The summed E-state index contributed by atoms with van der Waals surface area (Å²) in [6.07, 6.45) is 0. The summed E-state index contributed by atoms with van der Waals surface area (Å²) in [5.74, 6) is 0.872. The quantitative estimate of drug-likeness (QED) is 0.680. The maximum absolute atomic E-state index is 5.15. The molecule has 0 aliphatic rings. The van der Waals surface area contributed by atoms with E-state index < -0.39 is 0 Å². The summed E-state index contributed by atoms with van der Waals surface area (Å²) in [6.45, 7) is 0.